The van der Waals surface area contributed by atoms with E-state index in [0.717, 1.165) is 19.1 Å². The lowest BCUT2D eigenvalue weighted by Crippen LogP contribution is -2.49. The molecular weight excluding hydrogens is 250 g/mol. The highest BCUT2D eigenvalue weighted by atomic mass is 15.3. The number of aromatic nitrogens is 2. The highest BCUT2D eigenvalue weighted by molar-refractivity contribution is 4.97. The first-order valence-electron chi connectivity index (χ1n) is 8.02. The first kappa shape index (κ1) is 14.0. The predicted molar refractivity (Wildman–Crippen MR) is 80.4 cm³/mol. The van der Waals surface area contributed by atoms with Gasteiger partial charge in [0.1, 0.15) is 0 Å². The molecule has 2 fully saturated rings. The molecule has 0 amide bonds. The van der Waals surface area contributed by atoms with Crippen LogP contribution in [-0.2, 0) is 13.1 Å². The van der Waals surface area contributed by atoms with E-state index in [2.05, 4.69) is 25.5 Å². The predicted octanol–water partition coefficient (Wildman–Crippen LogP) is 0.902. The van der Waals surface area contributed by atoms with Gasteiger partial charge in [-0.3, -0.25) is 9.80 Å². The van der Waals surface area contributed by atoms with Crippen molar-refractivity contribution in [3.63, 3.8) is 0 Å². The van der Waals surface area contributed by atoms with Crippen LogP contribution in [0.5, 0.6) is 0 Å². The van der Waals surface area contributed by atoms with Crippen molar-refractivity contribution < 1.29 is 0 Å². The standard InChI is InChI=1S/C15H27N5/c16-5-6-19-12-14(17-13-19)11-18-7-9-20(10-8-18)15-3-1-2-4-15/h12-13,15H,1-11,16H2. The molecule has 20 heavy (non-hydrogen) atoms. The number of piperazine rings is 1. The Morgan fingerprint density at radius 1 is 1.15 bits per heavy atom. The maximum Gasteiger partial charge on any atom is 0.0950 e. The molecule has 1 aromatic heterocycles. The summed E-state index contributed by atoms with van der Waals surface area (Å²) in [7, 11) is 0. The van der Waals surface area contributed by atoms with Crippen molar-refractivity contribution in [3.8, 4) is 0 Å². The second-order valence-corrected chi connectivity index (χ2v) is 6.14. The normalized spacial score (nSPS) is 22.6. The Labute approximate surface area is 121 Å². The molecular formula is C15H27N5. The van der Waals surface area contributed by atoms with Crippen LogP contribution in [0, 0.1) is 0 Å². The average molecular weight is 277 g/mol. The molecule has 0 atom stereocenters. The maximum atomic E-state index is 5.56. The van der Waals surface area contributed by atoms with Crippen LogP contribution in [0.4, 0.5) is 0 Å². The molecule has 5 nitrogen and oxygen atoms in total. The Morgan fingerprint density at radius 2 is 1.90 bits per heavy atom. The van der Waals surface area contributed by atoms with Crippen molar-refractivity contribution in [1.29, 1.82) is 0 Å². The largest absolute Gasteiger partial charge is 0.336 e. The minimum atomic E-state index is 0.676. The molecule has 0 bridgehead atoms. The van der Waals surface area contributed by atoms with Gasteiger partial charge in [-0.25, -0.2) is 4.98 Å². The number of hydrogen-bond acceptors (Lipinski definition) is 4. The second kappa shape index (κ2) is 6.70. The third-order valence-electron chi connectivity index (χ3n) is 4.71. The van der Waals surface area contributed by atoms with Gasteiger partial charge in [0.25, 0.3) is 0 Å². The van der Waals surface area contributed by atoms with Crippen molar-refractivity contribution in [1.82, 2.24) is 19.4 Å². The molecule has 3 rings (SSSR count). The minimum absolute atomic E-state index is 0.676. The van der Waals surface area contributed by atoms with Gasteiger partial charge in [-0.15, -0.1) is 0 Å². The lowest BCUT2D eigenvalue weighted by Gasteiger charge is -2.37. The van der Waals surface area contributed by atoms with Gasteiger partial charge in [0, 0.05) is 58.1 Å². The molecule has 0 spiro atoms. The summed E-state index contributed by atoms with van der Waals surface area (Å²) in [4.78, 5) is 9.71. The van der Waals surface area contributed by atoms with Crippen LogP contribution in [0.2, 0.25) is 0 Å². The monoisotopic (exact) mass is 277 g/mol. The van der Waals surface area contributed by atoms with E-state index in [1.807, 2.05) is 6.33 Å². The topological polar surface area (TPSA) is 50.3 Å². The van der Waals surface area contributed by atoms with Gasteiger partial charge in [-0.2, -0.15) is 0 Å². The van der Waals surface area contributed by atoms with E-state index >= 15 is 0 Å². The Balaban J connectivity index is 1.45. The second-order valence-electron chi connectivity index (χ2n) is 6.14. The summed E-state index contributed by atoms with van der Waals surface area (Å²) < 4.78 is 2.09. The fraction of sp³-hybridized carbons (Fsp3) is 0.800. The summed E-state index contributed by atoms with van der Waals surface area (Å²) in [5.74, 6) is 0. The molecule has 5 heteroatoms. The van der Waals surface area contributed by atoms with Gasteiger partial charge in [-0.05, 0) is 12.8 Å². The molecule has 112 valence electrons. The summed E-state index contributed by atoms with van der Waals surface area (Å²) >= 11 is 0. The van der Waals surface area contributed by atoms with Crippen LogP contribution < -0.4 is 5.73 Å². The maximum absolute atomic E-state index is 5.56. The molecule has 1 saturated carbocycles. The molecule has 0 radical (unpaired) electrons. The molecule has 2 heterocycles. The number of nitrogens with two attached hydrogens (primary N) is 1. The van der Waals surface area contributed by atoms with Crippen molar-refractivity contribution in [2.24, 2.45) is 5.73 Å². The van der Waals surface area contributed by atoms with E-state index in [4.69, 9.17) is 5.73 Å². The van der Waals surface area contributed by atoms with Crippen LogP contribution in [0.1, 0.15) is 31.4 Å². The average Bonchev–Trinajstić information content (AvgIpc) is 3.12. The minimum Gasteiger partial charge on any atom is -0.336 e. The zero-order valence-electron chi connectivity index (χ0n) is 12.4. The number of nitrogens with zero attached hydrogens (tertiary/aromatic N) is 4. The quantitative estimate of drug-likeness (QED) is 0.869. The number of hydrogen-bond donors (Lipinski definition) is 1. The summed E-state index contributed by atoms with van der Waals surface area (Å²) in [5, 5.41) is 0. The summed E-state index contributed by atoms with van der Waals surface area (Å²) in [6.45, 7) is 7.34. The lowest BCUT2D eigenvalue weighted by atomic mass is 10.2. The van der Waals surface area contributed by atoms with E-state index in [0.29, 0.717) is 6.54 Å². The zero-order chi connectivity index (χ0) is 13.8. The van der Waals surface area contributed by atoms with Crippen LogP contribution >= 0.6 is 0 Å². The Hall–Kier alpha value is -0.910. The third kappa shape index (κ3) is 3.40. The molecule has 1 aromatic rings. The van der Waals surface area contributed by atoms with Gasteiger partial charge in [0.2, 0.25) is 0 Å². The molecule has 1 aliphatic carbocycles. The molecule has 1 saturated heterocycles. The highest BCUT2D eigenvalue weighted by Gasteiger charge is 2.26. The molecule has 2 N–H and O–H groups in total. The molecule has 1 aliphatic heterocycles. The van der Waals surface area contributed by atoms with Crippen molar-refractivity contribution >= 4 is 0 Å². The Kier molecular flexibility index (Phi) is 4.70. The lowest BCUT2D eigenvalue weighted by molar-refractivity contribution is 0.0930. The van der Waals surface area contributed by atoms with Gasteiger partial charge < -0.3 is 10.3 Å². The smallest absolute Gasteiger partial charge is 0.0950 e. The highest BCUT2D eigenvalue weighted by Crippen LogP contribution is 2.24. The summed E-state index contributed by atoms with van der Waals surface area (Å²) in [6, 6.07) is 0.876. The number of imidazole rings is 1. The Bertz CT molecular complexity index is 402. The van der Waals surface area contributed by atoms with E-state index in [-0.39, 0.29) is 0 Å². The fourth-order valence-electron chi connectivity index (χ4n) is 3.54. The fourth-order valence-corrected chi connectivity index (χ4v) is 3.54. The van der Waals surface area contributed by atoms with Crippen molar-refractivity contribution in [2.75, 3.05) is 32.7 Å². The van der Waals surface area contributed by atoms with Gasteiger partial charge in [0.05, 0.1) is 12.0 Å². The first-order chi connectivity index (χ1) is 9.85. The van der Waals surface area contributed by atoms with Gasteiger partial charge >= 0.3 is 0 Å². The Morgan fingerprint density at radius 3 is 2.60 bits per heavy atom. The number of rotatable bonds is 5. The van der Waals surface area contributed by atoms with Crippen LogP contribution in [0.25, 0.3) is 0 Å². The van der Waals surface area contributed by atoms with E-state index in [9.17, 15) is 0 Å². The van der Waals surface area contributed by atoms with Crippen molar-refractivity contribution in [2.45, 2.75) is 44.8 Å². The van der Waals surface area contributed by atoms with E-state index in [1.165, 1.54) is 57.6 Å². The van der Waals surface area contributed by atoms with Gasteiger partial charge in [-0.1, -0.05) is 12.8 Å². The molecule has 0 unspecified atom stereocenters. The third-order valence-corrected chi connectivity index (χ3v) is 4.71. The zero-order valence-corrected chi connectivity index (χ0v) is 12.4. The molecule has 2 aliphatic rings. The van der Waals surface area contributed by atoms with E-state index in [1.54, 1.807) is 0 Å². The van der Waals surface area contributed by atoms with Crippen LogP contribution in [0.15, 0.2) is 12.5 Å². The summed E-state index contributed by atoms with van der Waals surface area (Å²) in [5.41, 5.74) is 6.74. The van der Waals surface area contributed by atoms with Gasteiger partial charge in [0.15, 0.2) is 0 Å². The van der Waals surface area contributed by atoms with Crippen LogP contribution in [-0.4, -0.2) is 58.1 Å². The summed E-state index contributed by atoms with van der Waals surface area (Å²) in [6.07, 6.45) is 9.74. The van der Waals surface area contributed by atoms with E-state index < -0.39 is 0 Å². The van der Waals surface area contributed by atoms with Crippen LogP contribution in [0.3, 0.4) is 0 Å². The van der Waals surface area contributed by atoms with Crippen molar-refractivity contribution in [3.05, 3.63) is 18.2 Å². The SMILES string of the molecule is NCCn1cnc(CN2CCN(C3CCCC3)CC2)c1. The molecule has 0 aromatic carbocycles. The first-order valence-corrected chi connectivity index (χ1v) is 8.02.